The fraction of sp³-hybridized carbons (Fsp3) is 0.235. The molecule has 1 amide bonds. The Balaban J connectivity index is 1.98. The van der Waals surface area contributed by atoms with E-state index in [1.807, 2.05) is 0 Å². The highest BCUT2D eigenvalue weighted by Gasteiger charge is 2.19. The van der Waals surface area contributed by atoms with Crippen LogP contribution < -0.4 is 10.1 Å². The largest absolute Gasteiger partial charge is 0.479 e. The van der Waals surface area contributed by atoms with Gasteiger partial charge >= 0.3 is 0 Å². The molecule has 2 aromatic carbocycles. The van der Waals surface area contributed by atoms with E-state index in [9.17, 15) is 13.6 Å². The van der Waals surface area contributed by atoms with Crippen molar-refractivity contribution in [3.05, 3.63) is 64.7 Å². The first-order valence-electron chi connectivity index (χ1n) is 7.04. The van der Waals surface area contributed by atoms with Gasteiger partial charge in [0.05, 0.1) is 11.1 Å². The molecule has 0 radical (unpaired) electrons. The number of carbonyl (C=O) groups excluding carboxylic acids is 1. The third-order valence-corrected chi connectivity index (χ3v) is 3.59. The van der Waals surface area contributed by atoms with E-state index in [1.54, 1.807) is 26.0 Å². The molecule has 0 unspecified atom stereocenters. The van der Waals surface area contributed by atoms with Gasteiger partial charge in [0.2, 0.25) is 0 Å². The van der Waals surface area contributed by atoms with Gasteiger partial charge in [-0.3, -0.25) is 4.79 Å². The molecule has 0 aliphatic rings. The SMILES string of the molecule is C[C@H](Oc1ccc(F)cc1Cl)C(=O)N[C@@H](C)c1ccc(F)cc1. The van der Waals surface area contributed by atoms with Gasteiger partial charge in [0.15, 0.2) is 6.10 Å². The maximum Gasteiger partial charge on any atom is 0.261 e. The van der Waals surface area contributed by atoms with E-state index in [-0.39, 0.29) is 28.5 Å². The number of hydrogen-bond acceptors (Lipinski definition) is 2. The summed E-state index contributed by atoms with van der Waals surface area (Å²) in [6.45, 7) is 3.34. The molecule has 0 heterocycles. The number of amides is 1. The van der Waals surface area contributed by atoms with Crippen LogP contribution in [0.15, 0.2) is 42.5 Å². The van der Waals surface area contributed by atoms with E-state index >= 15 is 0 Å². The van der Waals surface area contributed by atoms with Gasteiger partial charge in [0.1, 0.15) is 17.4 Å². The molecule has 6 heteroatoms. The van der Waals surface area contributed by atoms with Crippen LogP contribution in [0.2, 0.25) is 5.02 Å². The lowest BCUT2D eigenvalue weighted by Crippen LogP contribution is -2.37. The molecule has 0 saturated heterocycles. The second-order valence-electron chi connectivity index (χ2n) is 5.12. The van der Waals surface area contributed by atoms with Gasteiger partial charge in [0, 0.05) is 0 Å². The molecule has 0 aromatic heterocycles. The Morgan fingerprint density at radius 2 is 1.70 bits per heavy atom. The Morgan fingerprint density at radius 1 is 1.09 bits per heavy atom. The first-order valence-corrected chi connectivity index (χ1v) is 7.42. The molecule has 2 rings (SSSR count). The summed E-state index contributed by atoms with van der Waals surface area (Å²) >= 11 is 5.86. The highest BCUT2D eigenvalue weighted by Crippen LogP contribution is 2.26. The number of hydrogen-bond donors (Lipinski definition) is 1. The van der Waals surface area contributed by atoms with Crippen molar-refractivity contribution in [2.45, 2.75) is 26.0 Å². The van der Waals surface area contributed by atoms with Crippen LogP contribution in [-0.2, 0) is 4.79 Å². The predicted molar refractivity (Wildman–Crippen MR) is 84.5 cm³/mol. The summed E-state index contributed by atoms with van der Waals surface area (Å²) in [6, 6.07) is 9.23. The van der Waals surface area contributed by atoms with Gasteiger partial charge in [-0.05, 0) is 49.7 Å². The number of carbonyl (C=O) groups is 1. The third kappa shape index (κ3) is 4.66. The van der Waals surface area contributed by atoms with Gasteiger partial charge in [-0.25, -0.2) is 8.78 Å². The minimum atomic E-state index is -0.819. The zero-order valence-corrected chi connectivity index (χ0v) is 13.4. The molecule has 1 N–H and O–H groups in total. The van der Waals surface area contributed by atoms with Crippen LogP contribution in [0.3, 0.4) is 0 Å². The van der Waals surface area contributed by atoms with Crippen molar-refractivity contribution in [1.82, 2.24) is 5.32 Å². The minimum Gasteiger partial charge on any atom is -0.479 e. The van der Waals surface area contributed by atoms with E-state index in [4.69, 9.17) is 16.3 Å². The van der Waals surface area contributed by atoms with Crippen LogP contribution in [0.4, 0.5) is 8.78 Å². The quantitative estimate of drug-likeness (QED) is 0.883. The molecule has 0 saturated carbocycles. The number of nitrogens with one attached hydrogen (secondary N) is 1. The summed E-state index contributed by atoms with van der Waals surface area (Å²) in [4.78, 5) is 12.1. The number of benzene rings is 2. The molecule has 23 heavy (non-hydrogen) atoms. The number of ether oxygens (including phenoxy) is 1. The van der Waals surface area contributed by atoms with Crippen LogP contribution in [0.25, 0.3) is 0 Å². The van der Waals surface area contributed by atoms with Gasteiger partial charge in [0.25, 0.3) is 5.91 Å². The highest BCUT2D eigenvalue weighted by atomic mass is 35.5. The van der Waals surface area contributed by atoms with Crippen molar-refractivity contribution in [2.24, 2.45) is 0 Å². The van der Waals surface area contributed by atoms with Crippen molar-refractivity contribution in [1.29, 1.82) is 0 Å². The van der Waals surface area contributed by atoms with E-state index in [0.717, 1.165) is 11.6 Å². The lowest BCUT2D eigenvalue weighted by atomic mass is 10.1. The standard InChI is InChI=1S/C17H16ClF2NO2/c1-10(12-3-5-13(19)6-4-12)21-17(22)11(2)23-16-8-7-14(20)9-15(16)18/h3-11H,1-2H3,(H,21,22)/t10-,11-/m0/s1. The van der Waals surface area contributed by atoms with Crippen LogP contribution in [-0.4, -0.2) is 12.0 Å². The number of rotatable bonds is 5. The van der Waals surface area contributed by atoms with Crippen LogP contribution in [0.1, 0.15) is 25.5 Å². The Kier molecular flexibility index (Phi) is 5.55. The van der Waals surface area contributed by atoms with Crippen molar-refractivity contribution in [3.63, 3.8) is 0 Å². The molecule has 2 atom stereocenters. The first-order chi connectivity index (χ1) is 10.9. The summed E-state index contributed by atoms with van der Waals surface area (Å²) in [5.74, 6) is -0.952. The normalized spacial score (nSPS) is 13.3. The van der Waals surface area contributed by atoms with Crippen molar-refractivity contribution in [2.75, 3.05) is 0 Å². The average Bonchev–Trinajstić information content (AvgIpc) is 2.50. The average molecular weight is 340 g/mol. The monoisotopic (exact) mass is 339 g/mol. The highest BCUT2D eigenvalue weighted by molar-refractivity contribution is 6.32. The third-order valence-electron chi connectivity index (χ3n) is 3.30. The zero-order chi connectivity index (χ0) is 17.0. The van der Waals surface area contributed by atoms with Crippen LogP contribution in [0.5, 0.6) is 5.75 Å². The topological polar surface area (TPSA) is 38.3 Å². The van der Waals surface area contributed by atoms with Gasteiger partial charge in [-0.1, -0.05) is 23.7 Å². The van der Waals surface area contributed by atoms with Crippen molar-refractivity contribution >= 4 is 17.5 Å². The smallest absolute Gasteiger partial charge is 0.261 e. The molecule has 0 aliphatic heterocycles. The maximum atomic E-state index is 13.0. The molecule has 0 aliphatic carbocycles. The summed E-state index contributed by atoms with van der Waals surface area (Å²) in [6.07, 6.45) is -0.819. The second kappa shape index (κ2) is 7.42. The van der Waals surface area contributed by atoms with Crippen molar-refractivity contribution < 1.29 is 18.3 Å². The molecule has 0 bridgehead atoms. The zero-order valence-electron chi connectivity index (χ0n) is 12.6. The predicted octanol–water partition coefficient (Wildman–Crippen LogP) is 4.26. The summed E-state index contributed by atoms with van der Waals surface area (Å²) < 4.78 is 31.3. The van der Waals surface area contributed by atoms with Crippen LogP contribution in [0, 0.1) is 11.6 Å². The van der Waals surface area contributed by atoms with E-state index in [2.05, 4.69) is 5.32 Å². The fourth-order valence-corrected chi connectivity index (χ4v) is 2.19. The summed E-state index contributed by atoms with van der Waals surface area (Å²) in [5.41, 5.74) is 0.770. The van der Waals surface area contributed by atoms with Crippen LogP contribution >= 0.6 is 11.6 Å². The van der Waals surface area contributed by atoms with Crippen molar-refractivity contribution in [3.8, 4) is 5.75 Å². The maximum absolute atomic E-state index is 13.0. The number of halogens is 3. The molecule has 0 fully saturated rings. The lowest BCUT2D eigenvalue weighted by molar-refractivity contribution is -0.127. The lowest BCUT2D eigenvalue weighted by Gasteiger charge is -2.19. The molecular weight excluding hydrogens is 324 g/mol. The second-order valence-corrected chi connectivity index (χ2v) is 5.52. The first kappa shape index (κ1) is 17.2. The summed E-state index contributed by atoms with van der Waals surface area (Å²) in [7, 11) is 0. The summed E-state index contributed by atoms with van der Waals surface area (Å²) in [5, 5.41) is 2.86. The molecule has 3 nitrogen and oxygen atoms in total. The minimum absolute atomic E-state index is 0.0937. The van der Waals surface area contributed by atoms with E-state index < -0.39 is 11.9 Å². The molecule has 0 spiro atoms. The van der Waals surface area contributed by atoms with Gasteiger partial charge in [-0.2, -0.15) is 0 Å². The Bertz CT molecular complexity index is 691. The Morgan fingerprint density at radius 3 is 2.30 bits per heavy atom. The Hall–Kier alpha value is -2.14. The van der Waals surface area contributed by atoms with Gasteiger partial charge in [-0.15, -0.1) is 0 Å². The molecular formula is C17H16ClF2NO2. The molecule has 2 aromatic rings. The van der Waals surface area contributed by atoms with Gasteiger partial charge < -0.3 is 10.1 Å². The molecule has 122 valence electrons. The fourth-order valence-electron chi connectivity index (χ4n) is 1.98. The Labute approximate surface area is 138 Å². The van der Waals surface area contributed by atoms with E-state index in [1.165, 1.54) is 24.3 Å². The van der Waals surface area contributed by atoms with E-state index in [0.29, 0.717) is 0 Å².